The second-order valence-corrected chi connectivity index (χ2v) is 5.04. The molecule has 2 N–H and O–H groups in total. The summed E-state index contributed by atoms with van der Waals surface area (Å²) in [5, 5.41) is 6.17. The van der Waals surface area contributed by atoms with Crippen molar-refractivity contribution in [2.24, 2.45) is 5.73 Å². The molecule has 0 saturated heterocycles. The number of ether oxygens (including phenoxy) is 1. The predicted octanol–water partition coefficient (Wildman–Crippen LogP) is 2.00. The number of aryl methyl sites for hydroxylation is 1. The first kappa shape index (κ1) is 13.0. The normalized spacial score (nSPS) is 12.6. The lowest BCUT2D eigenvalue weighted by Crippen LogP contribution is -2.16. The Morgan fingerprint density at radius 1 is 1.56 bits per heavy atom. The summed E-state index contributed by atoms with van der Waals surface area (Å²) >= 11 is 1.62. The van der Waals surface area contributed by atoms with Crippen LogP contribution in [0.15, 0.2) is 17.8 Å². The summed E-state index contributed by atoms with van der Waals surface area (Å²) in [5.74, 6) is 1.80. The molecule has 2 aromatic rings. The minimum atomic E-state index is -0.0568. The quantitative estimate of drug-likeness (QED) is 0.868. The van der Waals surface area contributed by atoms with Crippen LogP contribution in [0.2, 0.25) is 0 Å². The SMILES string of the molecule is CCCn1ncnc1CC(N)c1cc(OC)cs1. The van der Waals surface area contributed by atoms with Crippen molar-refractivity contribution in [2.45, 2.75) is 32.4 Å². The van der Waals surface area contributed by atoms with Gasteiger partial charge in [0.25, 0.3) is 0 Å². The average Bonchev–Trinajstić information content (AvgIpc) is 2.99. The summed E-state index contributed by atoms with van der Waals surface area (Å²) < 4.78 is 7.09. The van der Waals surface area contributed by atoms with E-state index in [-0.39, 0.29) is 6.04 Å². The van der Waals surface area contributed by atoms with E-state index < -0.39 is 0 Å². The molecule has 5 nitrogen and oxygen atoms in total. The van der Waals surface area contributed by atoms with Crippen molar-refractivity contribution in [3.63, 3.8) is 0 Å². The van der Waals surface area contributed by atoms with Crippen LogP contribution in [-0.4, -0.2) is 21.9 Å². The predicted molar refractivity (Wildman–Crippen MR) is 71.8 cm³/mol. The second kappa shape index (κ2) is 5.97. The number of aromatic nitrogens is 3. The van der Waals surface area contributed by atoms with Gasteiger partial charge in [0.15, 0.2) is 0 Å². The Labute approximate surface area is 111 Å². The van der Waals surface area contributed by atoms with E-state index in [0.29, 0.717) is 6.42 Å². The molecule has 98 valence electrons. The maximum absolute atomic E-state index is 6.19. The molecule has 2 heterocycles. The molecule has 18 heavy (non-hydrogen) atoms. The maximum atomic E-state index is 6.19. The van der Waals surface area contributed by atoms with E-state index in [1.807, 2.05) is 16.1 Å². The molecule has 0 aliphatic carbocycles. The topological polar surface area (TPSA) is 66.0 Å². The molecule has 0 bridgehead atoms. The van der Waals surface area contributed by atoms with Gasteiger partial charge in [-0.1, -0.05) is 6.92 Å². The fraction of sp³-hybridized carbons (Fsp3) is 0.500. The number of rotatable bonds is 6. The van der Waals surface area contributed by atoms with Crippen molar-refractivity contribution in [3.05, 3.63) is 28.5 Å². The summed E-state index contributed by atoms with van der Waals surface area (Å²) in [4.78, 5) is 5.38. The molecule has 0 amide bonds. The molecule has 1 atom stereocenters. The van der Waals surface area contributed by atoms with Gasteiger partial charge in [-0.25, -0.2) is 4.98 Å². The van der Waals surface area contributed by atoms with Crippen molar-refractivity contribution in [3.8, 4) is 5.75 Å². The van der Waals surface area contributed by atoms with Crippen LogP contribution < -0.4 is 10.5 Å². The molecular formula is C12H18N4OS. The van der Waals surface area contributed by atoms with Crippen molar-refractivity contribution >= 4 is 11.3 Å². The first-order valence-corrected chi connectivity index (χ1v) is 6.87. The minimum absolute atomic E-state index is 0.0568. The average molecular weight is 266 g/mol. The maximum Gasteiger partial charge on any atom is 0.138 e. The lowest BCUT2D eigenvalue weighted by atomic mass is 10.2. The largest absolute Gasteiger partial charge is 0.496 e. The fourth-order valence-corrected chi connectivity index (χ4v) is 2.64. The molecule has 0 saturated carbocycles. The van der Waals surface area contributed by atoms with Crippen LogP contribution in [0.5, 0.6) is 5.75 Å². The Balaban J connectivity index is 2.06. The molecule has 0 aliphatic rings. The van der Waals surface area contributed by atoms with Gasteiger partial charge in [0, 0.05) is 29.3 Å². The van der Waals surface area contributed by atoms with E-state index in [2.05, 4.69) is 17.0 Å². The summed E-state index contributed by atoms with van der Waals surface area (Å²) in [5.41, 5.74) is 6.19. The molecule has 0 radical (unpaired) electrons. The van der Waals surface area contributed by atoms with E-state index in [1.165, 1.54) is 0 Å². The highest BCUT2D eigenvalue weighted by Crippen LogP contribution is 2.27. The smallest absolute Gasteiger partial charge is 0.138 e. The molecule has 2 rings (SSSR count). The molecule has 2 aromatic heterocycles. The van der Waals surface area contributed by atoms with Gasteiger partial charge < -0.3 is 10.5 Å². The standard InChI is InChI=1S/C12H18N4OS/c1-3-4-16-12(14-8-15-16)6-10(13)11-5-9(17-2)7-18-11/h5,7-8,10H,3-4,6,13H2,1-2H3. The van der Waals surface area contributed by atoms with Crippen molar-refractivity contribution in [1.29, 1.82) is 0 Å². The monoisotopic (exact) mass is 266 g/mol. The Bertz CT molecular complexity index is 494. The van der Waals surface area contributed by atoms with Gasteiger partial charge in [0.2, 0.25) is 0 Å². The van der Waals surface area contributed by atoms with E-state index in [4.69, 9.17) is 10.5 Å². The van der Waals surface area contributed by atoms with Crippen molar-refractivity contribution < 1.29 is 4.74 Å². The lowest BCUT2D eigenvalue weighted by Gasteiger charge is -2.09. The lowest BCUT2D eigenvalue weighted by molar-refractivity contribution is 0.416. The van der Waals surface area contributed by atoms with Gasteiger partial charge >= 0.3 is 0 Å². The Hall–Kier alpha value is -1.40. The second-order valence-electron chi connectivity index (χ2n) is 4.10. The van der Waals surface area contributed by atoms with Crippen LogP contribution in [-0.2, 0) is 13.0 Å². The van der Waals surface area contributed by atoms with Gasteiger partial charge in [0.05, 0.1) is 7.11 Å². The number of methoxy groups -OCH3 is 1. The fourth-order valence-electron chi connectivity index (χ4n) is 1.78. The number of nitrogens with zero attached hydrogens (tertiary/aromatic N) is 3. The molecule has 6 heteroatoms. The van der Waals surface area contributed by atoms with Crippen molar-refractivity contribution in [2.75, 3.05) is 7.11 Å². The van der Waals surface area contributed by atoms with Gasteiger partial charge in [-0.05, 0) is 12.5 Å². The van der Waals surface area contributed by atoms with Gasteiger partial charge in [-0.3, -0.25) is 4.68 Å². The summed E-state index contributed by atoms with van der Waals surface area (Å²) in [6.07, 6.45) is 3.33. The number of hydrogen-bond acceptors (Lipinski definition) is 5. The van der Waals surface area contributed by atoms with E-state index in [1.54, 1.807) is 24.8 Å². The molecule has 0 spiro atoms. The molecule has 1 unspecified atom stereocenters. The third-order valence-corrected chi connectivity index (χ3v) is 3.77. The van der Waals surface area contributed by atoms with Gasteiger partial charge in [-0.2, -0.15) is 5.10 Å². The van der Waals surface area contributed by atoms with E-state index >= 15 is 0 Å². The van der Waals surface area contributed by atoms with Crippen LogP contribution >= 0.6 is 11.3 Å². The third kappa shape index (κ3) is 2.88. The molecule has 0 aromatic carbocycles. The zero-order valence-electron chi connectivity index (χ0n) is 10.7. The van der Waals surface area contributed by atoms with Crippen LogP contribution in [0.3, 0.4) is 0 Å². The Kier molecular flexibility index (Phi) is 4.33. The zero-order valence-corrected chi connectivity index (χ0v) is 11.5. The van der Waals surface area contributed by atoms with Crippen LogP contribution in [0, 0.1) is 0 Å². The first-order chi connectivity index (χ1) is 8.74. The third-order valence-electron chi connectivity index (χ3n) is 2.73. The molecular weight excluding hydrogens is 248 g/mol. The van der Waals surface area contributed by atoms with Crippen LogP contribution in [0.4, 0.5) is 0 Å². The molecule has 0 aliphatic heterocycles. The van der Waals surface area contributed by atoms with E-state index in [9.17, 15) is 0 Å². The highest BCUT2D eigenvalue weighted by atomic mass is 32.1. The highest BCUT2D eigenvalue weighted by molar-refractivity contribution is 7.10. The van der Waals surface area contributed by atoms with E-state index in [0.717, 1.165) is 29.4 Å². The number of hydrogen-bond donors (Lipinski definition) is 1. The molecule has 0 fully saturated rings. The summed E-state index contributed by atoms with van der Waals surface area (Å²) in [6, 6.07) is 1.93. The number of nitrogens with two attached hydrogens (primary N) is 1. The minimum Gasteiger partial charge on any atom is -0.496 e. The Morgan fingerprint density at radius 3 is 3.06 bits per heavy atom. The highest BCUT2D eigenvalue weighted by Gasteiger charge is 2.14. The van der Waals surface area contributed by atoms with Crippen LogP contribution in [0.1, 0.15) is 30.1 Å². The Morgan fingerprint density at radius 2 is 2.39 bits per heavy atom. The summed E-state index contributed by atoms with van der Waals surface area (Å²) in [7, 11) is 1.66. The van der Waals surface area contributed by atoms with Gasteiger partial charge in [-0.15, -0.1) is 11.3 Å². The zero-order chi connectivity index (χ0) is 13.0. The summed E-state index contributed by atoms with van der Waals surface area (Å²) in [6.45, 7) is 3.01. The number of thiophene rings is 1. The first-order valence-electron chi connectivity index (χ1n) is 5.99. The van der Waals surface area contributed by atoms with Crippen molar-refractivity contribution in [1.82, 2.24) is 14.8 Å². The van der Waals surface area contributed by atoms with Crippen LogP contribution in [0.25, 0.3) is 0 Å². The van der Waals surface area contributed by atoms with Gasteiger partial charge in [0.1, 0.15) is 17.9 Å².